The Morgan fingerprint density at radius 3 is 2.69 bits per heavy atom. The second kappa shape index (κ2) is 10.3. The van der Waals surface area contributed by atoms with Crippen molar-refractivity contribution in [3.63, 3.8) is 0 Å². The molecule has 3 amide bonds. The fourth-order valence-corrected chi connectivity index (χ4v) is 9.01. The third-order valence-corrected chi connectivity index (χ3v) is 10.5. The van der Waals surface area contributed by atoms with Crippen LogP contribution < -0.4 is 10.6 Å². The summed E-state index contributed by atoms with van der Waals surface area (Å²) in [5.41, 5.74) is 1.16. The van der Waals surface area contributed by atoms with E-state index in [0.29, 0.717) is 25.7 Å². The van der Waals surface area contributed by atoms with Crippen molar-refractivity contribution in [1.82, 2.24) is 15.1 Å². The van der Waals surface area contributed by atoms with Crippen LogP contribution in [0.3, 0.4) is 0 Å². The van der Waals surface area contributed by atoms with E-state index in [1.165, 1.54) is 4.88 Å². The van der Waals surface area contributed by atoms with Crippen molar-refractivity contribution in [2.24, 2.45) is 5.41 Å². The van der Waals surface area contributed by atoms with Gasteiger partial charge in [0.05, 0.1) is 5.41 Å². The van der Waals surface area contributed by atoms with Crippen molar-refractivity contribution in [3.05, 3.63) is 16.0 Å². The van der Waals surface area contributed by atoms with Gasteiger partial charge in [0, 0.05) is 49.3 Å². The number of rotatable bonds is 4. The van der Waals surface area contributed by atoms with Gasteiger partial charge in [-0.15, -0.1) is 0 Å². The summed E-state index contributed by atoms with van der Waals surface area (Å²) in [6, 6.07) is 0.251. The molecule has 1 spiro atoms. The number of nitrogens with one attached hydrogen (secondary N) is 1. The van der Waals surface area contributed by atoms with Crippen LogP contribution in [0.4, 0.5) is 9.80 Å². The molecule has 1 unspecified atom stereocenters. The summed E-state index contributed by atoms with van der Waals surface area (Å²) in [6.07, 6.45) is 5.44. The number of hydrogen-bond donors (Lipinski definition) is 2. The largest absolute Gasteiger partial charge is 0.459 e. The van der Waals surface area contributed by atoms with Crippen molar-refractivity contribution >= 4 is 46.0 Å². The molecule has 3 N–H and O–H groups in total. The van der Waals surface area contributed by atoms with Crippen molar-refractivity contribution < 1.29 is 24.4 Å². The first-order valence-electron chi connectivity index (χ1n) is 13.3. The maximum absolute atomic E-state index is 13.8. The zero-order valence-electron chi connectivity index (χ0n) is 21.7. The smallest absolute Gasteiger partial charge is 0.419 e. The first-order chi connectivity index (χ1) is 17.2. The lowest BCUT2D eigenvalue weighted by molar-refractivity contribution is -0.460. The van der Waals surface area contributed by atoms with Crippen molar-refractivity contribution in [2.75, 3.05) is 38.5 Å². The number of amides is 3. The Morgan fingerprint density at radius 2 is 2.00 bits per heavy atom. The van der Waals surface area contributed by atoms with Crippen LogP contribution in [0.15, 0.2) is 0 Å². The first-order valence-corrected chi connectivity index (χ1v) is 15.3. The number of esters is 1. The van der Waals surface area contributed by atoms with Gasteiger partial charge in [-0.1, -0.05) is 11.3 Å². The Kier molecular flexibility index (Phi) is 7.42. The second-order valence-corrected chi connectivity index (χ2v) is 13.5. The first kappa shape index (κ1) is 26.0. The standard InChI is InChI=1S/C26H38N4O4S2/c1-4-27-24(33)28-21-20(18-8-13-35-14-19(18)36-21)22(31)29-11-6-17(7-12-29)30-10-5-9-26(16-30)15-25(2,3)34-23(26)32/h17H,4-16H2,1-3H3,(H2,27,28,33)/p+1. The number of nitrogens with two attached hydrogens (primary N) is 1. The second-order valence-electron chi connectivity index (χ2n) is 11.3. The molecule has 0 bridgehead atoms. The SMILES string of the molecule is CCNC(=O)[NH2+]c1sc2c(c1C(=O)N1CCC(N3CCCC4(C3)CC(C)(C)OC4=O)CC1)CCSC2. The van der Waals surface area contributed by atoms with E-state index in [9.17, 15) is 14.4 Å². The number of nitrogens with zero attached hydrogens (tertiary/aromatic N) is 2. The number of ether oxygens (including phenoxy) is 1. The fourth-order valence-electron chi connectivity index (χ4n) is 6.60. The van der Waals surface area contributed by atoms with Gasteiger partial charge >= 0.3 is 12.0 Å². The number of likely N-dealkylation sites (tertiary alicyclic amines) is 2. The minimum Gasteiger partial charge on any atom is -0.459 e. The van der Waals surface area contributed by atoms with E-state index in [1.807, 2.05) is 37.4 Å². The van der Waals surface area contributed by atoms with Crippen LogP contribution in [0.25, 0.3) is 0 Å². The average molecular weight is 536 g/mol. The van der Waals surface area contributed by atoms with Gasteiger partial charge in [0.1, 0.15) is 11.2 Å². The number of quaternary nitrogens is 1. The Bertz CT molecular complexity index is 1030. The summed E-state index contributed by atoms with van der Waals surface area (Å²) in [7, 11) is 0. The summed E-state index contributed by atoms with van der Waals surface area (Å²) in [5, 5.41) is 5.26. The quantitative estimate of drug-likeness (QED) is 0.576. The molecule has 0 saturated carbocycles. The lowest BCUT2D eigenvalue weighted by atomic mass is 9.74. The lowest BCUT2D eigenvalue weighted by Crippen LogP contribution is -2.85. The van der Waals surface area contributed by atoms with Crippen molar-refractivity contribution in [3.8, 4) is 0 Å². The molecule has 0 aromatic carbocycles. The molecule has 36 heavy (non-hydrogen) atoms. The highest BCUT2D eigenvalue weighted by Gasteiger charge is 2.54. The zero-order valence-corrected chi connectivity index (χ0v) is 23.3. The number of fused-ring (bicyclic) bond motifs is 1. The van der Waals surface area contributed by atoms with Gasteiger partial charge < -0.3 is 15.0 Å². The van der Waals surface area contributed by atoms with Gasteiger partial charge in [0.15, 0.2) is 0 Å². The highest BCUT2D eigenvalue weighted by Crippen LogP contribution is 2.47. The van der Waals surface area contributed by atoms with E-state index in [4.69, 9.17) is 4.74 Å². The molecular weight excluding hydrogens is 496 g/mol. The van der Waals surface area contributed by atoms with E-state index in [-0.39, 0.29) is 28.9 Å². The summed E-state index contributed by atoms with van der Waals surface area (Å²) in [6.45, 7) is 9.71. The molecule has 0 aliphatic carbocycles. The van der Waals surface area contributed by atoms with Gasteiger partial charge in [-0.25, -0.2) is 10.1 Å². The fraction of sp³-hybridized carbons (Fsp3) is 0.731. The third-order valence-electron chi connectivity index (χ3n) is 8.12. The molecule has 4 aliphatic rings. The number of urea groups is 1. The molecule has 4 aliphatic heterocycles. The number of carbonyl (C=O) groups excluding carboxylic acids is 3. The minimum atomic E-state index is -0.378. The van der Waals surface area contributed by atoms with Crippen LogP contribution in [0.2, 0.25) is 0 Å². The van der Waals surface area contributed by atoms with Gasteiger partial charge in [0.25, 0.3) is 5.91 Å². The molecule has 1 aromatic heterocycles. The molecular formula is C26H39N4O4S2+. The molecule has 3 saturated heterocycles. The van der Waals surface area contributed by atoms with Crippen LogP contribution in [-0.4, -0.2) is 77.8 Å². The van der Waals surface area contributed by atoms with E-state index >= 15 is 0 Å². The molecule has 3 fully saturated rings. The molecule has 1 aromatic rings. The van der Waals surface area contributed by atoms with Crippen LogP contribution >= 0.6 is 23.1 Å². The maximum atomic E-state index is 13.8. The number of thioether (sulfide) groups is 1. The highest BCUT2D eigenvalue weighted by molar-refractivity contribution is 7.98. The number of cyclic esters (lactones) is 1. The van der Waals surface area contributed by atoms with Crippen LogP contribution in [0.1, 0.15) is 73.7 Å². The van der Waals surface area contributed by atoms with Crippen LogP contribution in [-0.2, 0) is 21.7 Å². The monoisotopic (exact) mass is 535 g/mol. The predicted molar refractivity (Wildman–Crippen MR) is 142 cm³/mol. The lowest BCUT2D eigenvalue weighted by Gasteiger charge is -2.44. The molecule has 1 atom stereocenters. The van der Waals surface area contributed by atoms with E-state index in [1.54, 1.807) is 16.7 Å². The van der Waals surface area contributed by atoms with E-state index in [2.05, 4.69) is 10.2 Å². The van der Waals surface area contributed by atoms with Gasteiger partial charge in [0.2, 0.25) is 5.00 Å². The molecule has 10 heteroatoms. The molecule has 0 radical (unpaired) electrons. The molecule has 198 valence electrons. The number of hydrogen-bond acceptors (Lipinski definition) is 7. The molecule has 8 nitrogen and oxygen atoms in total. The van der Waals surface area contributed by atoms with E-state index in [0.717, 1.165) is 79.2 Å². The van der Waals surface area contributed by atoms with Crippen molar-refractivity contribution in [1.29, 1.82) is 0 Å². The minimum absolute atomic E-state index is 0.0268. The Hall–Kier alpha value is -1.62. The number of primary amides is 1. The van der Waals surface area contributed by atoms with Gasteiger partial charge in [-0.3, -0.25) is 14.5 Å². The average Bonchev–Trinajstić information content (AvgIpc) is 3.31. The Morgan fingerprint density at radius 1 is 1.22 bits per heavy atom. The number of thiophene rings is 1. The zero-order chi connectivity index (χ0) is 25.5. The summed E-state index contributed by atoms with van der Waals surface area (Å²) in [4.78, 5) is 44.7. The number of carbonyl (C=O) groups is 3. The van der Waals surface area contributed by atoms with Crippen LogP contribution in [0, 0.1) is 5.41 Å². The maximum Gasteiger partial charge on any atom is 0.419 e. The molecule has 5 heterocycles. The van der Waals surface area contributed by atoms with Gasteiger partial charge in [-0.2, -0.15) is 11.8 Å². The Labute approximate surface area is 221 Å². The third kappa shape index (κ3) is 5.06. The number of piperidine rings is 2. The summed E-state index contributed by atoms with van der Waals surface area (Å²) < 4.78 is 5.72. The van der Waals surface area contributed by atoms with Crippen LogP contribution in [0.5, 0.6) is 0 Å². The Balaban J connectivity index is 1.26. The summed E-state index contributed by atoms with van der Waals surface area (Å²) in [5.74, 6) is 1.98. The predicted octanol–water partition coefficient (Wildman–Crippen LogP) is 2.87. The van der Waals surface area contributed by atoms with Gasteiger partial charge in [-0.05, 0) is 70.7 Å². The topological polar surface area (TPSA) is 95.6 Å². The molecule has 5 rings (SSSR count). The highest BCUT2D eigenvalue weighted by atomic mass is 32.2. The van der Waals surface area contributed by atoms with Crippen molar-refractivity contribution in [2.45, 2.75) is 76.7 Å². The van der Waals surface area contributed by atoms with E-state index < -0.39 is 0 Å². The normalized spacial score (nSPS) is 26.6. The summed E-state index contributed by atoms with van der Waals surface area (Å²) >= 11 is 3.50.